The standard InChI is InChI=1S/C24H32N4O3/c1-18(2)22(27-24(30)26-20-11-7-4-8-12-20)23(29)25-15-21-17-28(13-14-31-21)16-19-9-5-3-6-10-19/h3-12,18,21-22H,13-17H2,1-2H3,(H,25,29)(H2,26,27,30). The van der Waals surface area contributed by atoms with Crippen molar-refractivity contribution in [1.82, 2.24) is 15.5 Å². The molecule has 166 valence electrons. The van der Waals surface area contributed by atoms with E-state index in [-0.39, 0.29) is 17.9 Å². The second-order valence-electron chi connectivity index (χ2n) is 8.14. The van der Waals surface area contributed by atoms with E-state index in [0.29, 0.717) is 18.8 Å². The first-order valence-electron chi connectivity index (χ1n) is 10.8. The molecule has 0 saturated carbocycles. The number of carbonyl (C=O) groups is 2. The Morgan fingerprint density at radius 1 is 1.06 bits per heavy atom. The first-order valence-corrected chi connectivity index (χ1v) is 10.8. The molecular formula is C24H32N4O3. The van der Waals surface area contributed by atoms with E-state index >= 15 is 0 Å². The van der Waals surface area contributed by atoms with Crippen LogP contribution < -0.4 is 16.0 Å². The molecule has 1 aliphatic rings. The van der Waals surface area contributed by atoms with Crippen molar-refractivity contribution in [2.24, 2.45) is 5.92 Å². The molecule has 0 aromatic heterocycles. The van der Waals surface area contributed by atoms with Crippen molar-refractivity contribution in [2.75, 3.05) is 31.6 Å². The van der Waals surface area contributed by atoms with E-state index in [4.69, 9.17) is 4.74 Å². The van der Waals surface area contributed by atoms with E-state index in [2.05, 4.69) is 33.0 Å². The predicted molar refractivity (Wildman–Crippen MR) is 122 cm³/mol. The van der Waals surface area contributed by atoms with E-state index in [1.807, 2.05) is 50.2 Å². The number of benzene rings is 2. The minimum atomic E-state index is -0.632. The Hall–Kier alpha value is -2.90. The summed E-state index contributed by atoms with van der Waals surface area (Å²) in [5.41, 5.74) is 1.94. The van der Waals surface area contributed by atoms with Crippen molar-refractivity contribution in [3.63, 3.8) is 0 Å². The van der Waals surface area contributed by atoms with Gasteiger partial charge in [-0.15, -0.1) is 0 Å². The van der Waals surface area contributed by atoms with Gasteiger partial charge in [0.15, 0.2) is 0 Å². The lowest BCUT2D eigenvalue weighted by atomic mass is 10.0. The number of amides is 3. The number of nitrogens with zero attached hydrogens (tertiary/aromatic N) is 1. The number of hydrogen-bond donors (Lipinski definition) is 3. The van der Waals surface area contributed by atoms with Gasteiger partial charge in [-0.1, -0.05) is 62.4 Å². The van der Waals surface area contributed by atoms with Crippen LogP contribution in [0.5, 0.6) is 0 Å². The Kier molecular flexibility index (Phi) is 8.44. The Bertz CT molecular complexity index is 829. The van der Waals surface area contributed by atoms with Crippen LogP contribution in [0.3, 0.4) is 0 Å². The molecule has 1 aliphatic heterocycles. The number of morpholine rings is 1. The van der Waals surface area contributed by atoms with E-state index in [0.717, 1.165) is 19.6 Å². The molecule has 2 unspecified atom stereocenters. The number of para-hydroxylation sites is 1. The van der Waals surface area contributed by atoms with Gasteiger partial charge in [0, 0.05) is 31.9 Å². The molecule has 1 heterocycles. The lowest BCUT2D eigenvalue weighted by Crippen LogP contribution is -2.53. The smallest absolute Gasteiger partial charge is 0.319 e. The first-order chi connectivity index (χ1) is 15.0. The Morgan fingerprint density at radius 3 is 2.42 bits per heavy atom. The van der Waals surface area contributed by atoms with Crippen LogP contribution in [0.4, 0.5) is 10.5 Å². The SMILES string of the molecule is CC(C)C(NC(=O)Nc1ccccc1)C(=O)NCC1CN(Cc2ccccc2)CCO1. The number of anilines is 1. The van der Waals surface area contributed by atoms with Gasteiger partial charge in [0.05, 0.1) is 12.7 Å². The fourth-order valence-corrected chi connectivity index (χ4v) is 3.58. The summed E-state index contributed by atoms with van der Waals surface area (Å²) in [4.78, 5) is 27.4. The number of rotatable bonds is 8. The molecule has 3 amide bonds. The van der Waals surface area contributed by atoms with Gasteiger partial charge in [0.1, 0.15) is 6.04 Å². The highest BCUT2D eigenvalue weighted by Gasteiger charge is 2.26. The van der Waals surface area contributed by atoms with Crippen molar-refractivity contribution >= 4 is 17.6 Å². The zero-order chi connectivity index (χ0) is 22.1. The summed E-state index contributed by atoms with van der Waals surface area (Å²) in [6, 6.07) is 18.5. The monoisotopic (exact) mass is 424 g/mol. The molecule has 0 bridgehead atoms. The summed E-state index contributed by atoms with van der Waals surface area (Å²) in [5, 5.41) is 8.49. The third-order valence-corrected chi connectivity index (χ3v) is 5.24. The second-order valence-corrected chi connectivity index (χ2v) is 8.14. The van der Waals surface area contributed by atoms with Crippen LogP contribution >= 0.6 is 0 Å². The zero-order valence-electron chi connectivity index (χ0n) is 18.2. The van der Waals surface area contributed by atoms with E-state index in [9.17, 15) is 9.59 Å². The maximum Gasteiger partial charge on any atom is 0.319 e. The molecule has 2 aromatic carbocycles. The average molecular weight is 425 g/mol. The molecule has 31 heavy (non-hydrogen) atoms. The normalized spacial score (nSPS) is 17.7. The molecule has 2 atom stereocenters. The van der Waals surface area contributed by atoms with Gasteiger partial charge >= 0.3 is 6.03 Å². The summed E-state index contributed by atoms with van der Waals surface area (Å²) in [6.07, 6.45) is -0.0765. The topological polar surface area (TPSA) is 82.7 Å². The highest BCUT2D eigenvalue weighted by atomic mass is 16.5. The van der Waals surface area contributed by atoms with Crippen LogP contribution in [0.15, 0.2) is 60.7 Å². The Morgan fingerprint density at radius 2 is 1.74 bits per heavy atom. The minimum Gasteiger partial charge on any atom is -0.374 e. The molecular weight excluding hydrogens is 392 g/mol. The van der Waals surface area contributed by atoms with Crippen LogP contribution in [0, 0.1) is 5.92 Å². The van der Waals surface area contributed by atoms with Crippen molar-refractivity contribution in [3.8, 4) is 0 Å². The fraction of sp³-hybridized carbons (Fsp3) is 0.417. The van der Waals surface area contributed by atoms with Gasteiger partial charge in [-0.3, -0.25) is 9.69 Å². The van der Waals surface area contributed by atoms with Crippen LogP contribution in [0.25, 0.3) is 0 Å². The third-order valence-electron chi connectivity index (χ3n) is 5.24. The maximum absolute atomic E-state index is 12.8. The van der Waals surface area contributed by atoms with Crippen molar-refractivity contribution < 1.29 is 14.3 Å². The van der Waals surface area contributed by atoms with Crippen molar-refractivity contribution in [3.05, 3.63) is 66.2 Å². The molecule has 2 aromatic rings. The van der Waals surface area contributed by atoms with Crippen LogP contribution in [-0.4, -0.2) is 55.2 Å². The number of ether oxygens (including phenoxy) is 1. The van der Waals surface area contributed by atoms with Crippen LogP contribution in [0.1, 0.15) is 19.4 Å². The molecule has 0 aliphatic carbocycles. The Balaban J connectivity index is 1.47. The number of urea groups is 1. The molecule has 1 fully saturated rings. The fourth-order valence-electron chi connectivity index (χ4n) is 3.58. The lowest BCUT2D eigenvalue weighted by Gasteiger charge is -2.33. The maximum atomic E-state index is 12.8. The zero-order valence-corrected chi connectivity index (χ0v) is 18.2. The van der Waals surface area contributed by atoms with Gasteiger partial charge in [-0.2, -0.15) is 0 Å². The predicted octanol–water partition coefficient (Wildman–Crippen LogP) is 2.85. The first kappa shape index (κ1) is 22.8. The van der Waals surface area contributed by atoms with Gasteiger partial charge in [0.25, 0.3) is 0 Å². The molecule has 3 rings (SSSR count). The summed E-state index contributed by atoms with van der Waals surface area (Å²) < 4.78 is 5.84. The van der Waals surface area contributed by atoms with E-state index < -0.39 is 12.1 Å². The Labute approximate surface area is 184 Å². The summed E-state index contributed by atoms with van der Waals surface area (Å²) in [5.74, 6) is -0.259. The van der Waals surface area contributed by atoms with Crippen LogP contribution in [-0.2, 0) is 16.1 Å². The number of carbonyl (C=O) groups excluding carboxylic acids is 2. The largest absolute Gasteiger partial charge is 0.374 e. The molecule has 1 saturated heterocycles. The summed E-state index contributed by atoms with van der Waals surface area (Å²) in [6.45, 7) is 7.36. The molecule has 7 nitrogen and oxygen atoms in total. The highest BCUT2D eigenvalue weighted by molar-refractivity contribution is 5.93. The quantitative estimate of drug-likeness (QED) is 0.609. The van der Waals surface area contributed by atoms with Crippen LogP contribution in [0.2, 0.25) is 0 Å². The number of hydrogen-bond acceptors (Lipinski definition) is 4. The summed E-state index contributed by atoms with van der Waals surface area (Å²) in [7, 11) is 0. The van der Waals surface area contributed by atoms with Gasteiger partial charge < -0.3 is 20.7 Å². The van der Waals surface area contributed by atoms with E-state index in [1.165, 1.54) is 5.56 Å². The minimum absolute atomic E-state index is 0.0524. The molecule has 0 spiro atoms. The second kappa shape index (κ2) is 11.5. The molecule has 0 radical (unpaired) electrons. The average Bonchev–Trinajstić information content (AvgIpc) is 2.77. The van der Waals surface area contributed by atoms with Crippen molar-refractivity contribution in [1.29, 1.82) is 0 Å². The lowest BCUT2D eigenvalue weighted by molar-refractivity contribution is -0.125. The van der Waals surface area contributed by atoms with Gasteiger partial charge in [-0.05, 0) is 23.6 Å². The highest BCUT2D eigenvalue weighted by Crippen LogP contribution is 2.11. The van der Waals surface area contributed by atoms with Gasteiger partial charge in [-0.25, -0.2) is 4.79 Å². The van der Waals surface area contributed by atoms with Crippen molar-refractivity contribution in [2.45, 2.75) is 32.5 Å². The number of nitrogens with one attached hydrogen (secondary N) is 3. The summed E-state index contributed by atoms with van der Waals surface area (Å²) >= 11 is 0. The van der Waals surface area contributed by atoms with E-state index in [1.54, 1.807) is 12.1 Å². The third kappa shape index (κ3) is 7.38. The molecule has 7 heteroatoms. The molecule has 3 N–H and O–H groups in total. The van der Waals surface area contributed by atoms with Gasteiger partial charge in [0.2, 0.25) is 5.91 Å².